The van der Waals surface area contributed by atoms with Gasteiger partial charge in [0, 0.05) is 42.1 Å². The first-order valence-electron chi connectivity index (χ1n) is 12.1. The minimum atomic E-state index is -1.08. The molecule has 1 aliphatic heterocycles. The highest BCUT2D eigenvalue weighted by molar-refractivity contribution is 6.30. The predicted octanol–water partition coefficient (Wildman–Crippen LogP) is 2.03. The van der Waals surface area contributed by atoms with E-state index in [1.165, 1.54) is 33.9 Å². The average molecular weight is 552 g/mol. The number of amides is 4. The summed E-state index contributed by atoms with van der Waals surface area (Å²) in [5.74, 6) is -6.03. The number of anilines is 2. The van der Waals surface area contributed by atoms with E-state index in [9.17, 15) is 28.4 Å². The number of carbonyl (C=O) groups excluding carboxylic acids is 4. The van der Waals surface area contributed by atoms with Crippen LogP contribution < -0.4 is 21.5 Å². The average Bonchev–Trinajstić information content (AvgIpc) is 3.67. The third-order valence-corrected chi connectivity index (χ3v) is 6.94. The summed E-state index contributed by atoms with van der Waals surface area (Å²) >= 11 is 5.90. The number of carbonyl (C=O) groups is 4. The van der Waals surface area contributed by atoms with Crippen molar-refractivity contribution in [1.29, 1.82) is 0 Å². The Morgan fingerprint density at radius 3 is 2.31 bits per heavy atom. The highest BCUT2D eigenvalue weighted by Gasteiger charge is 2.63. The molecule has 2 aliphatic rings. The maximum absolute atomic E-state index is 14.9. The van der Waals surface area contributed by atoms with E-state index < -0.39 is 41.3 Å². The summed E-state index contributed by atoms with van der Waals surface area (Å²) in [5.41, 5.74) is 0.171. The molecule has 3 aromatic rings. The first-order valence-corrected chi connectivity index (χ1v) is 12.5. The van der Waals surface area contributed by atoms with E-state index in [4.69, 9.17) is 11.6 Å². The lowest BCUT2D eigenvalue weighted by atomic mass is 10.2. The quantitative estimate of drug-likeness (QED) is 0.432. The van der Waals surface area contributed by atoms with Crippen LogP contribution in [-0.2, 0) is 19.2 Å². The van der Waals surface area contributed by atoms with Gasteiger partial charge in [-0.25, -0.2) is 4.39 Å². The van der Waals surface area contributed by atoms with E-state index in [-0.39, 0.29) is 42.5 Å². The summed E-state index contributed by atoms with van der Waals surface area (Å²) in [6.45, 7) is 0.331. The van der Waals surface area contributed by atoms with E-state index in [0.717, 1.165) is 6.07 Å². The van der Waals surface area contributed by atoms with Crippen molar-refractivity contribution in [1.82, 2.24) is 14.8 Å². The molecule has 3 unspecified atom stereocenters. The molecular weight excluding hydrogens is 529 g/mol. The maximum atomic E-state index is 14.9. The lowest BCUT2D eigenvalue weighted by Crippen LogP contribution is -2.50. The van der Waals surface area contributed by atoms with Crippen LogP contribution in [0, 0.1) is 23.6 Å². The molecule has 1 saturated heterocycles. The number of pyridine rings is 1. The number of nitrogens with zero attached hydrogens (tertiary/aromatic N) is 2. The minimum Gasteiger partial charge on any atom is -0.353 e. The van der Waals surface area contributed by atoms with E-state index >= 15 is 0 Å². The van der Waals surface area contributed by atoms with Crippen molar-refractivity contribution < 1.29 is 23.6 Å². The van der Waals surface area contributed by atoms with Crippen LogP contribution >= 0.6 is 11.6 Å². The molecule has 5 rings (SSSR count). The fraction of sp³-hybridized carbons (Fsp3) is 0.222. The largest absolute Gasteiger partial charge is 0.353 e. The van der Waals surface area contributed by atoms with Crippen molar-refractivity contribution in [2.45, 2.75) is 0 Å². The Kier molecular flexibility index (Phi) is 7.16. The van der Waals surface area contributed by atoms with E-state index in [2.05, 4.69) is 16.0 Å². The zero-order valence-electron chi connectivity index (χ0n) is 20.4. The Morgan fingerprint density at radius 1 is 0.923 bits per heavy atom. The highest BCUT2D eigenvalue weighted by atomic mass is 35.5. The van der Waals surface area contributed by atoms with Gasteiger partial charge in [0.25, 0.3) is 5.56 Å². The van der Waals surface area contributed by atoms with Crippen molar-refractivity contribution in [3.8, 4) is 5.69 Å². The molecule has 200 valence electrons. The molecule has 1 aliphatic carbocycles. The molecule has 2 fully saturated rings. The zero-order valence-corrected chi connectivity index (χ0v) is 21.2. The van der Waals surface area contributed by atoms with Crippen LogP contribution in [-0.4, -0.2) is 52.7 Å². The Labute approximate surface area is 226 Å². The lowest BCUT2D eigenvalue weighted by Gasteiger charge is -2.26. The van der Waals surface area contributed by atoms with E-state index in [1.54, 1.807) is 36.4 Å². The summed E-state index contributed by atoms with van der Waals surface area (Å²) in [6, 6.07) is 14.7. The fourth-order valence-corrected chi connectivity index (χ4v) is 4.80. The van der Waals surface area contributed by atoms with Crippen molar-refractivity contribution >= 4 is 46.6 Å². The van der Waals surface area contributed by atoms with Crippen molar-refractivity contribution in [2.75, 3.05) is 30.3 Å². The SMILES string of the molecule is O=C1CN(C(=O)C2C(C(=O)Nc3ccc(Cl)cc3)C2C(=O)Nc2ccc(-n3ccccc3=O)cc2F)CCN1. The number of rotatable bonds is 6. The smallest absolute Gasteiger partial charge is 0.255 e. The molecule has 2 heterocycles. The second-order valence-corrected chi connectivity index (χ2v) is 9.68. The first-order chi connectivity index (χ1) is 18.7. The molecule has 0 radical (unpaired) electrons. The molecule has 1 aromatic heterocycles. The third kappa shape index (κ3) is 5.53. The molecule has 3 atom stereocenters. The lowest BCUT2D eigenvalue weighted by molar-refractivity contribution is -0.140. The van der Waals surface area contributed by atoms with Crippen LogP contribution in [0.4, 0.5) is 15.8 Å². The molecule has 3 N–H and O–H groups in total. The van der Waals surface area contributed by atoms with Gasteiger partial charge in [0.2, 0.25) is 23.6 Å². The van der Waals surface area contributed by atoms with Crippen LogP contribution in [0.1, 0.15) is 0 Å². The summed E-state index contributed by atoms with van der Waals surface area (Å²) in [7, 11) is 0. The number of aromatic nitrogens is 1. The van der Waals surface area contributed by atoms with Crippen LogP contribution in [0.5, 0.6) is 0 Å². The Morgan fingerprint density at radius 2 is 1.64 bits per heavy atom. The Hall–Kier alpha value is -4.51. The Bertz CT molecular complexity index is 1530. The first kappa shape index (κ1) is 26.1. The number of hydrogen-bond acceptors (Lipinski definition) is 5. The summed E-state index contributed by atoms with van der Waals surface area (Å²) in [4.78, 5) is 64.8. The molecule has 12 heteroatoms. The second kappa shape index (κ2) is 10.7. The summed E-state index contributed by atoms with van der Waals surface area (Å²) < 4.78 is 16.2. The highest BCUT2D eigenvalue weighted by Crippen LogP contribution is 2.49. The molecule has 0 spiro atoms. The van der Waals surface area contributed by atoms with Gasteiger partial charge in [-0.3, -0.25) is 28.5 Å². The Balaban J connectivity index is 1.35. The van der Waals surface area contributed by atoms with Gasteiger partial charge < -0.3 is 20.9 Å². The number of benzene rings is 2. The molecule has 2 aromatic carbocycles. The van der Waals surface area contributed by atoms with Crippen molar-refractivity contribution in [2.24, 2.45) is 17.8 Å². The van der Waals surface area contributed by atoms with Gasteiger partial charge >= 0.3 is 0 Å². The van der Waals surface area contributed by atoms with Crippen LogP contribution in [0.2, 0.25) is 5.02 Å². The normalized spacial score (nSPS) is 20.1. The minimum absolute atomic E-state index is 0.167. The van der Waals surface area contributed by atoms with Gasteiger partial charge in [-0.2, -0.15) is 0 Å². The summed E-state index contributed by atoms with van der Waals surface area (Å²) in [5, 5.41) is 8.25. The molecular formula is C27H23ClFN5O5. The van der Waals surface area contributed by atoms with Crippen LogP contribution in [0.3, 0.4) is 0 Å². The molecule has 39 heavy (non-hydrogen) atoms. The van der Waals surface area contributed by atoms with Crippen molar-refractivity contribution in [3.05, 3.63) is 88.1 Å². The van der Waals surface area contributed by atoms with Gasteiger partial charge in [-0.1, -0.05) is 17.7 Å². The van der Waals surface area contributed by atoms with E-state index in [1.807, 2.05) is 0 Å². The van der Waals surface area contributed by atoms with Crippen LogP contribution in [0.25, 0.3) is 5.69 Å². The molecule has 10 nitrogen and oxygen atoms in total. The van der Waals surface area contributed by atoms with Gasteiger partial charge in [0.05, 0.1) is 35.7 Å². The maximum Gasteiger partial charge on any atom is 0.255 e. The number of hydrogen-bond donors (Lipinski definition) is 3. The zero-order chi connectivity index (χ0) is 27.7. The molecule has 1 saturated carbocycles. The standard InChI is InChI=1S/C27H23ClFN5O5/c28-15-4-6-16(7-5-15)31-25(37)22-23(24(22)27(39)33-12-10-30-20(35)14-33)26(38)32-19-9-8-17(13-18(19)29)34-11-2-1-3-21(34)36/h1-9,11,13,22-24H,10,12,14H2,(H,30,35)(H,31,37)(H,32,38). The molecule has 0 bridgehead atoms. The molecule has 4 amide bonds. The number of nitrogens with one attached hydrogen (secondary N) is 3. The van der Waals surface area contributed by atoms with Crippen LogP contribution in [0.15, 0.2) is 71.7 Å². The van der Waals surface area contributed by atoms with E-state index in [0.29, 0.717) is 10.7 Å². The van der Waals surface area contributed by atoms with Gasteiger partial charge in [-0.15, -0.1) is 0 Å². The fourth-order valence-electron chi connectivity index (χ4n) is 4.68. The predicted molar refractivity (Wildman–Crippen MR) is 141 cm³/mol. The summed E-state index contributed by atoms with van der Waals surface area (Å²) in [6.07, 6.45) is 1.49. The van der Waals surface area contributed by atoms with Gasteiger partial charge in [-0.05, 0) is 42.5 Å². The third-order valence-electron chi connectivity index (χ3n) is 6.68. The number of piperazine rings is 1. The second-order valence-electron chi connectivity index (χ2n) is 9.25. The number of halogens is 2. The van der Waals surface area contributed by atoms with Crippen molar-refractivity contribution in [3.63, 3.8) is 0 Å². The van der Waals surface area contributed by atoms with Gasteiger partial charge in [0.15, 0.2) is 0 Å². The van der Waals surface area contributed by atoms with Gasteiger partial charge in [0.1, 0.15) is 5.82 Å². The topological polar surface area (TPSA) is 130 Å². The monoisotopic (exact) mass is 551 g/mol.